The summed E-state index contributed by atoms with van der Waals surface area (Å²) in [6.07, 6.45) is 17.4. The van der Waals surface area contributed by atoms with Gasteiger partial charge in [-0.25, -0.2) is 0 Å². The maximum absolute atomic E-state index is 11.1. The van der Waals surface area contributed by atoms with Gasteiger partial charge in [-0.1, -0.05) is 30.5 Å². The Hall–Kier alpha value is -1.53. The molecule has 3 saturated carbocycles. The summed E-state index contributed by atoms with van der Waals surface area (Å²) in [6.45, 7) is 4.71. The van der Waals surface area contributed by atoms with Crippen LogP contribution in [0.3, 0.4) is 0 Å². The van der Waals surface area contributed by atoms with Gasteiger partial charge in [-0.3, -0.25) is 0 Å². The van der Waals surface area contributed by atoms with E-state index in [-0.39, 0.29) is 10.8 Å². The van der Waals surface area contributed by atoms with Gasteiger partial charge in [0.1, 0.15) is 5.60 Å². The minimum Gasteiger partial charge on any atom is -0.377 e. The van der Waals surface area contributed by atoms with Crippen molar-refractivity contribution in [3.05, 3.63) is 23.1 Å². The number of nitrogens with zero attached hydrogens (tertiary/aromatic N) is 1. The third-order valence-electron chi connectivity index (χ3n) is 8.67. The second-order valence-corrected chi connectivity index (χ2v) is 9.39. The fourth-order valence-corrected chi connectivity index (χ4v) is 7.14. The van der Waals surface area contributed by atoms with Gasteiger partial charge < -0.3 is 9.63 Å². The van der Waals surface area contributed by atoms with Crippen LogP contribution in [0.5, 0.6) is 0 Å². The van der Waals surface area contributed by atoms with Crippen molar-refractivity contribution in [3.8, 4) is 12.3 Å². The second kappa shape index (κ2) is 4.80. The van der Waals surface area contributed by atoms with Gasteiger partial charge in [0.2, 0.25) is 0 Å². The molecule has 5 rings (SSSR count). The molecule has 1 aromatic rings. The molecule has 1 aromatic heterocycles. The van der Waals surface area contributed by atoms with Crippen LogP contribution < -0.4 is 0 Å². The molecule has 6 atom stereocenters. The predicted molar refractivity (Wildman–Crippen MR) is 96.4 cm³/mol. The van der Waals surface area contributed by atoms with E-state index < -0.39 is 5.60 Å². The Balaban J connectivity index is 1.53. The molecule has 0 aliphatic heterocycles. The fraction of sp³-hybridized carbons (Fsp3) is 0.682. The Bertz CT molecular complexity index is 801. The monoisotopic (exact) mass is 337 g/mol. The molecule has 0 bridgehead atoms. The summed E-state index contributed by atoms with van der Waals surface area (Å²) in [5, 5.41) is 15.1. The second-order valence-electron chi connectivity index (χ2n) is 9.39. The van der Waals surface area contributed by atoms with E-state index in [4.69, 9.17) is 10.9 Å². The van der Waals surface area contributed by atoms with Gasteiger partial charge in [-0.15, -0.1) is 6.42 Å². The molecule has 0 amide bonds. The number of hydrogen-bond donors (Lipinski definition) is 1. The normalized spacial score (nSPS) is 47.8. The van der Waals surface area contributed by atoms with Crippen LogP contribution in [-0.4, -0.2) is 15.9 Å². The van der Waals surface area contributed by atoms with Crippen LogP contribution in [0.2, 0.25) is 0 Å². The lowest BCUT2D eigenvalue weighted by molar-refractivity contribution is -0.0975. The van der Waals surface area contributed by atoms with Crippen LogP contribution in [-0.2, 0) is 6.42 Å². The van der Waals surface area contributed by atoms with Gasteiger partial charge in [-0.05, 0) is 74.2 Å². The Morgan fingerprint density at radius 3 is 2.84 bits per heavy atom. The third kappa shape index (κ3) is 1.79. The first-order valence-electron chi connectivity index (χ1n) is 9.76. The first kappa shape index (κ1) is 15.7. The van der Waals surface area contributed by atoms with Crippen molar-refractivity contribution >= 4 is 6.08 Å². The minimum atomic E-state index is -0.909. The van der Waals surface area contributed by atoms with Gasteiger partial charge >= 0.3 is 0 Å². The van der Waals surface area contributed by atoms with E-state index in [1.54, 1.807) is 5.57 Å². The van der Waals surface area contributed by atoms with Gasteiger partial charge in [0.15, 0.2) is 5.76 Å². The highest BCUT2D eigenvalue weighted by atomic mass is 16.5. The molecule has 0 saturated heterocycles. The van der Waals surface area contributed by atoms with Crippen LogP contribution in [0.4, 0.5) is 0 Å². The lowest BCUT2D eigenvalue weighted by Crippen LogP contribution is -2.54. The standard InChI is InChI=1S/C22H27NO2/c1-4-22(24)10-8-18-16-6-5-15-11-19-14(13-23-25-19)12-20(15,2)17(16)7-9-21(18,22)3/h1,11,13,16-18,24H,5-10,12H2,2-3H3/t16?,17?,18-,20?,21?,22-/m0/s1. The van der Waals surface area contributed by atoms with E-state index in [1.165, 1.54) is 12.0 Å². The zero-order valence-electron chi connectivity index (χ0n) is 15.2. The molecule has 3 nitrogen and oxygen atoms in total. The first-order chi connectivity index (χ1) is 11.9. The summed E-state index contributed by atoms with van der Waals surface area (Å²) in [7, 11) is 0. The molecule has 3 fully saturated rings. The summed E-state index contributed by atoms with van der Waals surface area (Å²) in [5.74, 6) is 5.64. The maximum Gasteiger partial charge on any atom is 0.162 e. The number of rotatable bonds is 0. The highest BCUT2D eigenvalue weighted by Gasteiger charge is 2.63. The topological polar surface area (TPSA) is 46.3 Å². The van der Waals surface area contributed by atoms with Crippen LogP contribution in [0.25, 0.3) is 6.08 Å². The highest BCUT2D eigenvalue weighted by molar-refractivity contribution is 5.57. The lowest BCUT2D eigenvalue weighted by Gasteiger charge is -2.58. The van der Waals surface area contributed by atoms with E-state index in [9.17, 15) is 5.11 Å². The van der Waals surface area contributed by atoms with Gasteiger partial charge in [0.25, 0.3) is 0 Å². The van der Waals surface area contributed by atoms with Crippen LogP contribution >= 0.6 is 0 Å². The molecule has 4 unspecified atom stereocenters. The lowest BCUT2D eigenvalue weighted by atomic mass is 9.46. The number of fused-ring (bicyclic) bond motifs is 6. The molecule has 0 spiro atoms. The van der Waals surface area contributed by atoms with E-state index in [2.05, 4.69) is 31.0 Å². The van der Waals surface area contributed by atoms with Crippen molar-refractivity contribution in [2.75, 3.05) is 0 Å². The van der Waals surface area contributed by atoms with E-state index in [0.29, 0.717) is 17.8 Å². The van der Waals surface area contributed by atoms with Crippen molar-refractivity contribution in [2.45, 2.75) is 64.4 Å². The SMILES string of the molecule is C#C[C@]1(O)CC[C@H]2C3CCC4=Cc5oncc5CC4(C)C3CCC21C. The molecule has 0 aromatic carbocycles. The number of aromatic nitrogens is 1. The summed E-state index contributed by atoms with van der Waals surface area (Å²) < 4.78 is 5.43. The smallest absolute Gasteiger partial charge is 0.162 e. The summed E-state index contributed by atoms with van der Waals surface area (Å²) in [5.41, 5.74) is 1.99. The summed E-state index contributed by atoms with van der Waals surface area (Å²) in [4.78, 5) is 0. The van der Waals surface area contributed by atoms with Crippen molar-refractivity contribution in [3.63, 3.8) is 0 Å². The van der Waals surface area contributed by atoms with Crippen LogP contribution in [0.15, 0.2) is 16.3 Å². The van der Waals surface area contributed by atoms with Gasteiger partial charge in [0, 0.05) is 11.0 Å². The zero-order valence-corrected chi connectivity index (χ0v) is 15.2. The molecule has 3 heteroatoms. The molecule has 1 N–H and O–H groups in total. The highest BCUT2D eigenvalue weighted by Crippen LogP contribution is 2.67. The number of aliphatic hydroxyl groups is 1. The molecule has 4 aliphatic rings. The molecular weight excluding hydrogens is 310 g/mol. The van der Waals surface area contributed by atoms with E-state index in [1.807, 2.05) is 6.20 Å². The number of hydrogen-bond acceptors (Lipinski definition) is 3. The van der Waals surface area contributed by atoms with Crippen LogP contribution in [0, 0.1) is 40.9 Å². The van der Waals surface area contributed by atoms with Crippen molar-refractivity contribution in [2.24, 2.45) is 28.6 Å². The quantitative estimate of drug-likeness (QED) is 0.721. The van der Waals surface area contributed by atoms with Crippen molar-refractivity contribution in [1.29, 1.82) is 0 Å². The fourth-order valence-electron chi connectivity index (χ4n) is 7.14. The summed E-state index contributed by atoms with van der Waals surface area (Å²) >= 11 is 0. The van der Waals surface area contributed by atoms with Gasteiger partial charge in [0.05, 0.1) is 6.20 Å². The molecule has 0 radical (unpaired) electrons. The van der Waals surface area contributed by atoms with Crippen molar-refractivity contribution < 1.29 is 9.63 Å². The average Bonchev–Trinajstić information content (AvgIpc) is 3.14. The molecule has 4 aliphatic carbocycles. The third-order valence-corrected chi connectivity index (χ3v) is 8.67. The Labute approximate surface area is 149 Å². The largest absolute Gasteiger partial charge is 0.377 e. The van der Waals surface area contributed by atoms with E-state index >= 15 is 0 Å². The number of terminal acetylenes is 1. The van der Waals surface area contributed by atoms with Gasteiger partial charge in [-0.2, -0.15) is 0 Å². The Morgan fingerprint density at radius 2 is 2.04 bits per heavy atom. The van der Waals surface area contributed by atoms with Crippen LogP contribution in [0.1, 0.15) is 63.7 Å². The Kier molecular flexibility index (Phi) is 3.01. The predicted octanol–water partition coefficient (Wildman–Crippen LogP) is 4.22. The van der Waals surface area contributed by atoms with E-state index in [0.717, 1.165) is 44.3 Å². The Morgan fingerprint density at radius 1 is 1.24 bits per heavy atom. The molecular formula is C22H27NO2. The molecule has 25 heavy (non-hydrogen) atoms. The average molecular weight is 337 g/mol. The maximum atomic E-state index is 11.1. The molecule has 1 heterocycles. The van der Waals surface area contributed by atoms with Crippen molar-refractivity contribution in [1.82, 2.24) is 5.16 Å². The minimum absolute atomic E-state index is 0.114. The summed E-state index contributed by atoms with van der Waals surface area (Å²) in [6, 6.07) is 0. The zero-order chi connectivity index (χ0) is 17.4. The molecule has 132 valence electrons. The first-order valence-corrected chi connectivity index (χ1v) is 9.76. The number of allylic oxidation sites excluding steroid dienone is 1.